The maximum absolute atomic E-state index is 14.0. The molecule has 6 heteroatoms. The molecule has 0 saturated heterocycles. The number of nitrogens with zero attached hydrogens (tertiary/aromatic N) is 1. The Labute approximate surface area is 140 Å². The van der Waals surface area contributed by atoms with E-state index in [0.29, 0.717) is 10.6 Å². The number of methoxy groups -OCH3 is 1. The van der Waals surface area contributed by atoms with Gasteiger partial charge in [0.25, 0.3) is 0 Å². The van der Waals surface area contributed by atoms with Gasteiger partial charge in [0.05, 0.1) is 12.8 Å². The highest BCUT2D eigenvalue weighted by Crippen LogP contribution is 2.27. The van der Waals surface area contributed by atoms with Gasteiger partial charge in [0.2, 0.25) is 0 Å². The standard InChI is InChI=1S/C18H20FNO4/c1-11-6-5-7-16(20(22)18(21)23-4)14(11)10-24-17-9-13(3)12(2)8-15(17)19/h5-9,22H,10H2,1-4H3. The summed E-state index contributed by atoms with van der Waals surface area (Å²) in [6, 6.07) is 8.09. The predicted octanol–water partition coefficient (Wildman–Crippen LogP) is 4.29. The molecule has 0 heterocycles. The summed E-state index contributed by atoms with van der Waals surface area (Å²) in [4.78, 5) is 11.5. The molecule has 2 aromatic carbocycles. The van der Waals surface area contributed by atoms with E-state index < -0.39 is 11.9 Å². The van der Waals surface area contributed by atoms with Gasteiger partial charge in [0.1, 0.15) is 6.61 Å². The highest BCUT2D eigenvalue weighted by molar-refractivity contribution is 5.86. The van der Waals surface area contributed by atoms with Crippen molar-refractivity contribution in [1.82, 2.24) is 0 Å². The summed E-state index contributed by atoms with van der Waals surface area (Å²) in [6.07, 6.45) is -0.917. The van der Waals surface area contributed by atoms with E-state index in [4.69, 9.17) is 4.74 Å². The summed E-state index contributed by atoms with van der Waals surface area (Å²) in [6.45, 7) is 5.49. The Morgan fingerprint density at radius 1 is 1.17 bits per heavy atom. The number of benzene rings is 2. The second-order valence-electron chi connectivity index (χ2n) is 5.51. The molecular formula is C18H20FNO4. The van der Waals surface area contributed by atoms with Crippen molar-refractivity contribution in [3.05, 3.63) is 58.4 Å². The van der Waals surface area contributed by atoms with Crippen LogP contribution in [0.1, 0.15) is 22.3 Å². The minimum absolute atomic E-state index is 0.00448. The van der Waals surface area contributed by atoms with Crippen molar-refractivity contribution in [3.8, 4) is 5.75 Å². The number of ether oxygens (including phenoxy) is 2. The lowest BCUT2D eigenvalue weighted by Crippen LogP contribution is -2.28. The summed E-state index contributed by atoms with van der Waals surface area (Å²) in [5.74, 6) is -0.336. The average Bonchev–Trinajstić information content (AvgIpc) is 2.56. The fraction of sp³-hybridized carbons (Fsp3) is 0.278. The first-order chi connectivity index (χ1) is 11.3. The Balaban J connectivity index is 2.30. The molecule has 0 unspecified atom stereocenters. The molecular weight excluding hydrogens is 313 g/mol. The van der Waals surface area contributed by atoms with Crippen molar-refractivity contribution >= 4 is 11.8 Å². The van der Waals surface area contributed by atoms with Crippen LogP contribution in [0.4, 0.5) is 14.9 Å². The third kappa shape index (κ3) is 3.65. The highest BCUT2D eigenvalue weighted by atomic mass is 19.1. The maximum Gasteiger partial charge on any atom is 0.438 e. The van der Waals surface area contributed by atoms with Crippen LogP contribution in [0.25, 0.3) is 0 Å². The van der Waals surface area contributed by atoms with E-state index in [-0.39, 0.29) is 18.0 Å². The second kappa shape index (κ2) is 7.31. The van der Waals surface area contributed by atoms with Crippen LogP contribution in [0.3, 0.4) is 0 Å². The van der Waals surface area contributed by atoms with E-state index in [1.165, 1.54) is 13.2 Å². The van der Waals surface area contributed by atoms with Crippen molar-refractivity contribution in [1.29, 1.82) is 0 Å². The van der Waals surface area contributed by atoms with Crippen molar-refractivity contribution < 1.29 is 23.9 Å². The van der Waals surface area contributed by atoms with Crippen molar-refractivity contribution in [3.63, 3.8) is 0 Å². The van der Waals surface area contributed by atoms with Crippen LogP contribution in [0.15, 0.2) is 30.3 Å². The summed E-state index contributed by atoms with van der Waals surface area (Å²) in [7, 11) is 1.17. The molecule has 0 saturated carbocycles. The molecule has 2 rings (SSSR count). The zero-order valence-corrected chi connectivity index (χ0v) is 14.1. The van der Waals surface area contributed by atoms with Crippen LogP contribution in [-0.2, 0) is 11.3 Å². The number of hydroxylamine groups is 1. The third-order valence-corrected chi connectivity index (χ3v) is 3.88. The van der Waals surface area contributed by atoms with Gasteiger partial charge in [-0.15, -0.1) is 0 Å². The lowest BCUT2D eigenvalue weighted by atomic mass is 10.1. The first kappa shape index (κ1) is 17.7. The number of carbonyl (C=O) groups is 1. The lowest BCUT2D eigenvalue weighted by molar-refractivity contribution is 0.140. The Kier molecular flexibility index (Phi) is 5.41. The van der Waals surface area contributed by atoms with Gasteiger partial charge < -0.3 is 9.47 Å². The molecule has 0 radical (unpaired) electrons. The van der Waals surface area contributed by atoms with Gasteiger partial charge in [-0.25, -0.2) is 9.18 Å². The van der Waals surface area contributed by atoms with Gasteiger partial charge >= 0.3 is 6.09 Å². The van der Waals surface area contributed by atoms with Gasteiger partial charge in [-0.3, -0.25) is 5.21 Å². The van der Waals surface area contributed by atoms with Gasteiger partial charge in [-0.2, -0.15) is 5.06 Å². The Morgan fingerprint density at radius 3 is 2.50 bits per heavy atom. The van der Waals surface area contributed by atoms with Crippen LogP contribution in [-0.4, -0.2) is 18.4 Å². The molecule has 0 aliphatic carbocycles. The SMILES string of the molecule is COC(=O)N(O)c1cccc(C)c1COc1cc(C)c(C)cc1F. The number of amides is 1. The van der Waals surface area contributed by atoms with Crippen LogP contribution >= 0.6 is 0 Å². The molecule has 2 aromatic rings. The quantitative estimate of drug-likeness (QED) is 0.670. The van der Waals surface area contributed by atoms with Crippen molar-refractivity contribution in [2.24, 2.45) is 0 Å². The number of anilines is 1. The second-order valence-corrected chi connectivity index (χ2v) is 5.51. The largest absolute Gasteiger partial charge is 0.486 e. The fourth-order valence-corrected chi connectivity index (χ4v) is 2.27. The van der Waals surface area contributed by atoms with Crippen LogP contribution in [0.5, 0.6) is 5.75 Å². The van der Waals surface area contributed by atoms with Crippen molar-refractivity contribution in [2.75, 3.05) is 12.2 Å². The van der Waals surface area contributed by atoms with Crippen LogP contribution in [0.2, 0.25) is 0 Å². The van der Waals surface area contributed by atoms with E-state index in [1.54, 1.807) is 18.2 Å². The van der Waals surface area contributed by atoms with E-state index in [9.17, 15) is 14.4 Å². The van der Waals surface area contributed by atoms with Crippen LogP contribution in [0, 0.1) is 26.6 Å². The Morgan fingerprint density at radius 2 is 1.83 bits per heavy atom. The zero-order chi connectivity index (χ0) is 17.9. The van der Waals surface area contributed by atoms with E-state index in [1.807, 2.05) is 26.8 Å². The van der Waals surface area contributed by atoms with E-state index in [2.05, 4.69) is 4.74 Å². The molecule has 0 spiro atoms. The fourth-order valence-electron chi connectivity index (χ4n) is 2.27. The summed E-state index contributed by atoms with van der Waals surface area (Å²) in [5.41, 5.74) is 3.33. The molecule has 5 nitrogen and oxygen atoms in total. The smallest absolute Gasteiger partial charge is 0.438 e. The zero-order valence-electron chi connectivity index (χ0n) is 14.1. The third-order valence-electron chi connectivity index (χ3n) is 3.88. The maximum atomic E-state index is 14.0. The summed E-state index contributed by atoms with van der Waals surface area (Å²) >= 11 is 0. The van der Waals surface area contributed by atoms with E-state index >= 15 is 0 Å². The first-order valence-corrected chi connectivity index (χ1v) is 7.40. The Hall–Kier alpha value is -2.60. The number of aryl methyl sites for hydroxylation is 3. The van der Waals surface area contributed by atoms with Gasteiger partial charge in [0.15, 0.2) is 11.6 Å². The number of rotatable bonds is 4. The molecule has 0 aliphatic heterocycles. The number of carbonyl (C=O) groups excluding carboxylic acids is 1. The number of halogens is 1. The molecule has 24 heavy (non-hydrogen) atoms. The van der Waals surface area contributed by atoms with Gasteiger partial charge in [-0.1, -0.05) is 12.1 Å². The predicted molar refractivity (Wildman–Crippen MR) is 88.1 cm³/mol. The minimum Gasteiger partial charge on any atom is -0.486 e. The molecule has 1 N–H and O–H groups in total. The molecule has 0 fully saturated rings. The lowest BCUT2D eigenvalue weighted by Gasteiger charge is -2.19. The van der Waals surface area contributed by atoms with E-state index in [0.717, 1.165) is 16.7 Å². The van der Waals surface area contributed by atoms with Gasteiger partial charge in [0, 0.05) is 5.56 Å². The number of hydrogen-bond donors (Lipinski definition) is 1. The number of hydrogen-bond acceptors (Lipinski definition) is 4. The molecule has 0 bridgehead atoms. The molecule has 0 aliphatic rings. The molecule has 128 valence electrons. The monoisotopic (exact) mass is 333 g/mol. The topological polar surface area (TPSA) is 59.0 Å². The normalized spacial score (nSPS) is 10.4. The minimum atomic E-state index is -0.917. The van der Waals surface area contributed by atoms with Gasteiger partial charge in [-0.05, 0) is 55.7 Å². The Bertz CT molecular complexity index is 761. The molecule has 1 amide bonds. The van der Waals surface area contributed by atoms with Crippen molar-refractivity contribution in [2.45, 2.75) is 27.4 Å². The summed E-state index contributed by atoms with van der Waals surface area (Å²) in [5, 5.41) is 10.4. The molecule has 0 aromatic heterocycles. The highest BCUT2D eigenvalue weighted by Gasteiger charge is 2.19. The average molecular weight is 333 g/mol. The van der Waals surface area contributed by atoms with Crippen LogP contribution < -0.4 is 9.80 Å². The first-order valence-electron chi connectivity index (χ1n) is 7.40. The molecule has 0 atom stereocenters. The summed E-state index contributed by atoms with van der Waals surface area (Å²) < 4.78 is 24.1.